The maximum absolute atomic E-state index is 15.3. The zero-order chi connectivity index (χ0) is 32.0. The quantitative estimate of drug-likeness (QED) is 0.277. The molecule has 0 aliphatic carbocycles. The molecule has 45 heavy (non-hydrogen) atoms. The third kappa shape index (κ3) is 5.65. The van der Waals surface area contributed by atoms with Crippen LogP contribution in [0, 0.1) is 5.82 Å². The molecule has 10 nitrogen and oxygen atoms in total. The van der Waals surface area contributed by atoms with E-state index in [1.165, 1.54) is 24.0 Å². The topological polar surface area (TPSA) is 118 Å². The Labute approximate surface area is 259 Å². The Kier molecular flexibility index (Phi) is 7.84. The van der Waals surface area contributed by atoms with Gasteiger partial charge in [-0.2, -0.15) is 14.9 Å². The van der Waals surface area contributed by atoms with Gasteiger partial charge in [-0.05, 0) is 73.3 Å². The number of halogens is 1. The summed E-state index contributed by atoms with van der Waals surface area (Å²) in [5, 5.41) is 22.8. The lowest BCUT2D eigenvalue weighted by Gasteiger charge is -2.20. The van der Waals surface area contributed by atoms with Crippen LogP contribution in [0.2, 0.25) is 0 Å². The molecule has 1 saturated heterocycles. The second-order valence-electron chi connectivity index (χ2n) is 12.6. The van der Waals surface area contributed by atoms with Crippen molar-refractivity contribution in [2.45, 2.75) is 51.7 Å². The number of benzene rings is 2. The first-order valence-electron chi connectivity index (χ1n) is 14.9. The summed E-state index contributed by atoms with van der Waals surface area (Å²) < 4.78 is 17.6. The fraction of sp³-hybridized carbons (Fsp3) is 0.324. The molecule has 0 spiro atoms. The average Bonchev–Trinajstić information content (AvgIpc) is 3.44. The van der Waals surface area contributed by atoms with Gasteiger partial charge >= 0.3 is 0 Å². The molecule has 0 amide bonds. The van der Waals surface area contributed by atoms with Crippen molar-refractivity contribution in [3.8, 4) is 16.9 Å². The van der Waals surface area contributed by atoms with E-state index in [0.29, 0.717) is 34.1 Å². The van der Waals surface area contributed by atoms with E-state index >= 15 is 4.39 Å². The summed E-state index contributed by atoms with van der Waals surface area (Å²) in [5.41, 5.74) is 2.29. The summed E-state index contributed by atoms with van der Waals surface area (Å²) in [6.07, 6.45) is 5.52. The number of fused-ring (bicyclic) bond motifs is 1. The number of nitrogens with zero attached hydrogens (tertiary/aromatic N) is 6. The molecule has 1 aliphatic heterocycles. The van der Waals surface area contributed by atoms with Crippen molar-refractivity contribution in [1.82, 2.24) is 29.4 Å². The standard InChI is InChI=1S/C34H36FN7O3/c1-34(2,3)22-14-21-18-37-42(33(45)31(21)25(35)15-22)29-9-6-8-23(24(29)19-43)26-16-27(32(44)41(5)39-26)38-30-12-11-20(17-36-30)28-10-7-13-40(28)4/h6,8-9,11-12,14-18,28,43H,7,10,13,19H2,1-5H3,(H,36,38)/t28-/m1/s1. The number of aryl methyl sites for hydroxylation is 1. The van der Waals surface area contributed by atoms with Crippen molar-refractivity contribution in [3.63, 3.8) is 0 Å². The van der Waals surface area contributed by atoms with Gasteiger partial charge in [0.05, 0.1) is 29.6 Å². The number of hydrogen-bond donors (Lipinski definition) is 2. The third-order valence-corrected chi connectivity index (χ3v) is 8.54. The van der Waals surface area contributed by atoms with Crippen molar-refractivity contribution in [2.75, 3.05) is 18.9 Å². The van der Waals surface area contributed by atoms with E-state index in [1.807, 2.05) is 39.1 Å². The lowest BCUT2D eigenvalue weighted by atomic mass is 9.86. The van der Waals surface area contributed by atoms with E-state index in [0.717, 1.165) is 35.2 Å². The average molecular weight is 610 g/mol. The molecule has 1 fully saturated rings. The Balaban J connectivity index is 1.39. The van der Waals surface area contributed by atoms with Crippen LogP contribution in [0.4, 0.5) is 15.9 Å². The van der Waals surface area contributed by atoms with Gasteiger partial charge in [-0.1, -0.05) is 39.0 Å². The highest BCUT2D eigenvalue weighted by Crippen LogP contribution is 2.32. The number of nitrogens with one attached hydrogen (secondary N) is 1. The van der Waals surface area contributed by atoms with Crippen LogP contribution in [0.3, 0.4) is 0 Å². The molecule has 2 aromatic carbocycles. The first kappa shape index (κ1) is 30.3. The Morgan fingerprint density at radius 2 is 1.84 bits per heavy atom. The minimum atomic E-state index is -0.647. The zero-order valence-electron chi connectivity index (χ0n) is 26.0. The van der Waals surface area contributed by atoms with Crippen molar-refractivity contribution in [1.29, 1.82) is 0 Å². The first-order valence-corrected chi connectivity index (χ1v) is 14.9. The van der Waals surface area contributed by atoms with Crippen molar-refractivity contribution in [2.24, 2.45) is 7.05 Å². The van der Waals surface area contributed by atoms with Crippen molar-refractivity contribution >= 4 is 22.3 Å². The molecule has 3 aromatic heterocycles. The van der Waals surface area contributed by atoms with E-state index in [9.17, 15) is 14.7 Å². The highest BCUT2D eigenvalue weighted by molar-refractivity contribution is 5.83. The van der Waals surface area contributed by atoms with Gasteiger partial charge in [-0.15, -0.1) is 0 Å². The second-order valence-corrected chi connectivity index (χ2v) is 12.6. The first-order chi connectivity index (χ1) is 21.5. The SMILES string of the molecule is CN1CCC[C@@H]1c1ccc(Nc2cc(-c3cccc(-n4ncc5cc(C(C)(C)C)cc(F)c5c4=O)c3CO)nn(C)c2=O)nc1. The second kappa shape index (κ2) is 11.6. The monoisotopic (exact) mass is 609 g/mol. The van der Waals surface area contributed by atoms with Gasteiger partial charge in [-0.25, -0.2) is 14.1 Å². The predicted octanol–water partition coefficient (Wildman–Crippen LogP) is 4.98. The van der Waals surface area contributed by atoms with Crippen LogP contribution in [0.5, 0.6) is 0 Å². The Morgan fingerprint density at radius 3 is 2.51 bits per heavy atom. The van der Waals surface area contributed by atoms with E-state index in [2.05, 4.69) is 32.4 Å². The maximum Gasteiger partial charge on any atom is 0.290 e. The number of hydrogen-bond acceptors (Lipinski definition) is 8. The number of likely N-dealkylation sites (tertiary alicyclic amines) is 1. The minimum absolute atomic E-state index is 0.0860. The normalized spacial score (nSPS) is 15.6. The van der Waals surface area contributed by atoms with Crippen LogP contribution in [-0.2, 0) is 19.1 Å². The van der Waals surface area contributed by atoms with Crippen LogP contribution in [0.1, 0.15) is 56.3 Å². The fourth-order valence-electron chi connectivity index (χ4n) is 5.99. The fourth-order valence-corrected chi connectivity index (χ4v) is 5.99. The van der Waals surface area contributed by atoms with Gasteiger partial charge in [0.1, 0.15) is 17.3 Å². The largest absolute Gasteiger partial charge is 0.392 e. The molecule has 0 saturated carbocycles. The summed E-state index contributed by atoms with van der Waals surface area (Å²) in [4.78, 5) is 33.5. The van der Waals surface area contributed by atoms with Gasteiger partial charge in [0, 0.05) is 35.8 Å². The summed E-state index contributed by atoms with van der Waals surface area (Å²) in [6, 6.07) is 14.0. The lowest BCUT2D eigenvalue weighted by Crippen LogP contribution is -2.24. The van der Waals surface area contributed by atoms with Crippen LogP contribution < -0.4 is 16.4 Å². The van der Waals surface area contributed by atoms with E-state index in [1.54, 1.807) is 30.3 Å². The summed E-state index contributed by atoms with van der Waals surface area (Å²) in [6.45, 7) is 6.50. The number of aliphatic hydroxyl groups is 1. The summed E-state index contributed by atoms with van der Waals surface area (Å²) in [5.74, 6) is -0.124. The van der Waals surface area contributed by atoms with Crippen molar-refractivity contribution < 1.29 is 9.50 Å². The minimum Gasteiger partial charge on any atom is -0.392 e. The van der Waals surface area contributed by atoms with Gasteiger partial charge < -0.3 is 10.4 Å². The molecule has 232 valence electrons. The molecule has 0 unspecified atom stereocenters. The highest BCUT2D eigenvalue weighted by atomic mass is 19.1. The molecule has 5 aromatic rings. The van der Waals surface area contributed by atoms with E-state index < -0.39 is 18.0 Å². The molecule has 6 rings (SSSR count). The maximum atomic E-state index is 15.3. The third-order valence-electron chi connectivity index (χ3n) is 8.54. The lowest BCUT2D eigenvalue weighted by molar-refractivity contribution is 0.281. The van der Waals surface area contributed by atoms with Gasteiger partial charge in [0.15, 0.2) is 0 Å². The van der Waals surface area contributed by atoms with Crippen LogP contribution >= 0.6 is 0 Å². The predicted molar refractivity (Wildman–Crippen MR) is 173 cm³/mol. The summed E-state index contributed by atoms with van der Waals surface area (Å²) >= 11 is 0. The molecular formula is C34H36FN7O3. The highest BCUT2D eigenvalue weighted by Gasteiger charge is 2.23. The van der Waals surface area contributed by atoms with Crippen LogP contribution in [0.25, 0.3) is 27.7 Å². The van der Waals surface area contributed by atoms with Gasteiger partial charge in [0.2, 0.25) is 0 Å². The molecule has 0 radical (unpaired) electrons. The Bertz CT molecular complexity index is 2030. The molecule has 2 N–H and O–H groups in total. The zero-order valence-corrected chi connectivity index (χ0v) is 26.0. The molecule has 1 atom stereocenters. The summed E-state index contributed by atoms with van der Waals surface area (Å²) in [7, 11) is 3.64. The smallest absolute Gasteiger partial charge is 0.290 e. The van der Waals surface area contributed by atoms with E-state index in [-0.39, 0.29) is 27.7 Å². The van der Waals surface area contributed by atoms with Gasteiger partial charge in [-0.3, -0.25) is 14.5 Å². The van der Waals surface area contributed by atoms with E-state index in [4.69, 9.17) is 0 Å². The Morgan fingerprint density at radius 1 is 1.04 bits per heavy atom. The number of pyridine rings is 1. The number of aliphatic hydroxyl groups excluding tert-OH is 1. The molecule has 0 bridgehead atoms. The number of anilines is 2. The van der Waals surface area contributed by atoms with Crippen LogP contribution in [0.15, 0.2) is 70.5 Å². The van der Waals surface area contributed by atoms with Crippen LogP contribution in [-0.4, -0.2) is 48.1 Å². The van der Waals surface area contributed by atoms with Gasteiger partial charge in [0.25, 0.3) is 11.1 Å². The molecule has 4 heterocycles. The number of aromatic nitrogens is 5. The molecule has 11 heteroatoms. The molecule has 1 aliphatic rings. The number of rotatable bonds is 6. The van der Waals surface area contributed by atoms with Crippen molar-refractivity contribution in [3.05, 3.63) is 104 Å². The Hall–Kier alpha value is -4.74. The molecular weight excluding hydrogens is 573 g/mol.